The van der Waals surface area contributed by atoms with Gasteiger partial charge in [-0.2, -0.15) is 0 Å². The van der Waals surface area contributed by atoms with Gasteiger partial charge in [0.05, 0.1) is 20.8 Å². The van der Waals surface area contributed by atoms with E-state index < -0.39 is 6.09 Å². The van der Waals surface area contributed by atoms with Gasteiger partial charge in [-0.25, -0.2) is 4.79 Å². The fraction of sp³-hybridized carbons (Fsp3) is 0.235. The van der Waals surface area contributed by atoms with Crippen molar-refractivity contribution in [3.8, 4) is 22.6 Å². The molecule has 0 fully saturated rings. The third kappa shape index (κ3) is 3.69. The Labute approximate surface area is 129 Å². The number of hydrogen-bond acceptors (Lipinski definition) is 4. The number of hydrogen-bond donors (Lipinski definition) is 1. The van der Waals surface area contributed by atoms with Gasteiger partial charge >= 0.3 is 6.09 Å². The molecule has 1 N–H and O–H groups in total. The van der Waals surface area contributed by atoms with Crippen molar-refractivity contribution >= 4 is 11.8 Å². The van der Waals surface area contributed by atoms with E-state index in [1.165, 1.54) is 0 Å². The Hall–Kier alpha value is -2.69. The Morgan fingerprint density at radius 3 is 2.36 bits per heavy atom. The van der Waals surface area contributed by atoms with E-state index in [0.29, 0.717) is 12.3 Å². The second-order valence-corrected chi connectivity index (χ2v) is 4.49. The Morgan fingerprint density at radius 2 is 1.77 bits per heavy atom. The van der Waals surface area contributed by atoms with Crippen molar-refractivity contribution in [2.75, 3.05) is 26.1 Å². The number of rotatable bonds is 5. The second kappa shape index (κ2) is 7.36. The molecule has 22 heavy (non-hydrogen) atoms. The van der Waals surface area contributed by atoms with Crippen LogP contribution in [-0.4, -0.2) is 26.9 Å². The van der Waals surface area contributed by atoms with Crippen LogP contribution in [-0.2, 0) is 4.74 Å². The molecule has 0 aliphatic rings. The van der Waals surface area contributed by atoms with E-state index in [2.05, 4.69) is 5.32 Å². The summed E-state index contributed by atoms with van der Waals surface area (Å²) in [5.74, 6) is 1.50. The zero-order valence-electron chi connectivity index (χ0n) is 12.9. The van der Waals surface area contributed by atoms with Crippen molar-refractivity contribution in [3.05, 3.63) is 42.5 Å². The molecule has 0 atom stereocenters. The average molecular weight is 301 g/mol. The number of methoxy groups -OCH3 is 2. The molecule has 0 radical (unpaired) electrons. The number of amides is 1. The topological polar surface area (TPSA) is 56.8 Å². The average Bonchev–Trinajstić information content (AvgIpc) is 2.55. The van der Waals surface area contributed by atoms with E-state index in [1.54, 1.807) is 33.3 Å². The summed E-state index contributed by atoms with van der Waals surface area (Å²) in [7, 11) is 3.24. The maximum atomic E-state index is 11.5. The fourth-order valence-corrected chi connectivity index (χ4v) is 2.07. The van der Waals surface area contributed by atoms with Gasteiger partial charge in [-0.3, -0.25) is 5.32 Å². The van der Waals surface area contributed by atoms with Crippen molar-refractivity contribution < 1.29 is 19.0 Å². The number of ether oxygens (including phenoxy) is 3. The van der Waals surface area contributed by atoms with Crippen molar-refractivity contribution in [3.63, 3.8) is 0 Å². The van der Waals surface area contributed by atoms with Gasteiger partial charge in [-0.1, -0.05) is 12.1 Å². The molecular weight excluding hydrogens is 282 g/mol. The molecule has 5 heteroatoms. The molecule has 0 spiro atoms. The van der Waals surface area contributed by atoms with E-state index in [9.17, 15) is 4.79 Å². The molecule has 0 aliphatic carbocycles. The van der Waals surface area contributed by atoms with E-state index in [-0.39, 0.29) is 0 Å². The fourth-order valence-electron chi connectivity index (χ4n) is 2.07. The maximum absolute atomic E-state index is 11.5. The molecule has 0 saturated heterocycles. The minimum atomic E-state index is -0.478. The van der Waals surface area contributed by atoms with Crippen LogP contribution in [0.4, 0.5) is 10.5 Å². The van der Waals surface area contributed by atoms with Crippen LogP contribution in [0, 0.1) is 0 Å². The largest absolute Gasteiger partial charge is 0.497 e. The minimum Gasteiger partial charge on any atom is -0.497 e. The van der Waals surface area contributed by atoms with E-state index >= 15 is 0 Å². The summed E-state index contributed by atoms with van der Waals surface area (Å²) in [5, 5.41) is 2.69. The highest BCUT2D eigenvalue weighted by molar-refractivity contribution is 5.87. The molecule has 0 aromatic heterocycles. The highest BCUT2D eigenvalue weighted by Crippen LogP contribution is 2.33. The molecule has 0 saturated carbocycles. The molecule has 2 rings (SSSR count). The monoisotopic (exact) mass is 301 g/mol. The summed E-state index contributed by atoms with van der Waals surface area (Å²) in [5.41, 5.74) is 2.48. The summed E-state index contributed by atoms with van der Waals surface area (Å²) in [6.07, 6.45) is -0.478. The lowest BCUT2D eigenvalue weighted by molar-refractivity contribution is 0.168. The Morgan fingerprint density at radius 1 is 1.05 bits per heavy atom. The standard InChI is InChI=1S/C17H19NO4/c1-4-22-17(19)18-13-7-10-16(21-3)15(11-13)12-5-8-14(20-2)9-6-12/h5-11H,4H2,1-3H3,(H,18,19). The zero-order chi connectivity index (χ0) is 15.9. The Balaban J connectivity index is 2.32. The molecular formula is C17H19NO4. The first-order valence-corrected chi connectivity index (χ1v) is 6.94. The van der Waals surface area contributed by atoms with Crippen LogP contribution in [0.3, 0.4) is 0 Å². The lowest BCUT2D eigenvalue weighted by Gasteiger charge is -2.12. The molecule has 0 unspecified atom stereocenters. The van der Waals surface area contributed by atoms with E-state index in [0.717, 1.165) is 22.6 Å². The predicted octanol–water partition coefficient (Wildman–Crippen LogP) is 3.94. The summed E-state index contributed by atoms with van der Waals surface area (Å²) in [6.45, 7) is 2.09. The molecule has 1 amide bonds. The molecule has 116 valence electrons. The van der Waals surface area contributed by atoms with Crippen molar-refractivity contribution in [1.82, 2.24) is 0 Å². The predicted molar refractivity (Wildman–Crippen MR) is 85.6 cm³/mol. The van der Waals surface area contributed by atoms with Crippen molar-refractivity contribution in [1.29, 1.82) is 0 Å². The lowest BCUT2D eigenvalue weighted by atomic mass is 10.0. The lowest BCUT2D eigenvalue weighted by Crippen LogP contribution is -2.13. The van der Waals surface area contributed by atoms with Gasteiger partial charge in [-0.15, -0.1) is 0 Å². The first-order chi connectivity index (χ1) is 10.7. The normalized spacial score (nSPS) is 9.95. The number of anilines is 1. The summed E-state index contributed by atoms with van der Waals surface area (Å²) in [4.78, 5) is 11.5. The molecule has 0 bridgehead atoms. The van der Waals surface area contributed by atoms with Crippen molar-refractivity contribution in [2.24, 2.45) is 0 Å². The first kappa shape index (κ1) is 15.7. The molecule has 0 heterocycles. The minimum absolute atomic E-state index is 0.327. The quantitative estimate of drug-likeness (QED) is 0.908. The van der Waals surface area contributed by atoms with Crippen molar-refractivity contribution in [2.45, 2.75) is 6.92 Å². The third-order valence-corrected chi connectivity index (χ3v) is 3.12. The van der Waals surface area contributed by atoms with Crippen LogP contribution in [0.5, 0.6) is 11.5 Å². The SMILES string of the molecule is CCOC(=O)Nc1ccc(OC)c(-c2ccc(OC)cc2)c1. The summed E-state index contributed by atoms with van der Waals surface area (Å²) < 4.78 is 15.4. The number of benzene rings is 2. The molecule has 0 aliphatic heterocycles. The number of carbonyl (C=O) groups is 1. The van der Waals surface area contributed by atoms with E-state index in [4.69, 9.17) is 14.2 Å². The number of nitrogens with one attached hydrogen (secondary N) is 1. The third-order valence-electron chi connectivity index (χ3n) is 3.12. The maximum Gasteiger partial charge on any atom is 0.411 e. The van der Waals surface area contributed by atoms with Crippen LogP contribution in [0.2, 0.25) is 0 Å². The summed E-state index contributed by atoms with van der Waals surface area (Å²) in [6, 6.07) is 13.0. The Kier molecular flexibility index (Phi) is 5.25. The molecule has 5 nitrogen and oxygen atoms in total. The first-order valence-electron chi connectivity index (χ1n) is 6.94. The van der Waals surface area contributed by atoms with Crippen LogP contribution in [0.1, 0.15) is 6.92 Å². The molecule has 2 aromatic rings. The molecule has 2 aromatic carbocycles. The van der Waals surface area contributed by atoms with Crippen LogP contribution in [0.15, 0.2) is 42.5 Å². The van der Waals surface area contributed by atoms with Gasteiger partial charge in [0.25, 0.3) is 0 Å². The highest BCUT2D eigenvalue weighted by atomic mass is 16.5. The van der Waals surface area contributed by atoms with Crippen LogP contribution < -0.4 is 14.8 Å². The van der Waals surface area contributed by atoms with Gasteiger partial charge < -0.3 is 14.2 Å². The summed E-state index contributed by atoms with van der Waals surface area (Å²) >= 11 is 0. The second-order valence-electron chi connectivity index (χ2n) is 4.49. The Bertz CT molecular complexity index is 638. The smallest absolute Gasteiger partial charge is 0.411 e. The number of carbonyl (C=O) groups excluding carboxylic acids is 1. The zero-order valence-corrected chi connectivity index (χ0v) is 12.9. The van der Waals surface area contributed by atoms with E-state index in [1.807, 2.05) is 30.3 Å². The van der Waals surface area contributed by atoms with Gasteiger partial charge in [0.2, 0.25) is 0 Å². The highest BCUT2D eigenvalue weighted by Gasteiger charge is 2.09. The van der Waals surface area contributed by atoms with Gasteiger partial charge in [0.15, 0.2) is 0 Å². The van der Waals surface area contributed by atoms with Crippen LogP contribution >= 0.6 is 0 Å². The van der Waals surface area contributed by atoms with Gasteiger partial charge in [0.1, 0.15) is 11.5 Å². The van der Waals surface area contributed by atoms with Crippen LogP contribution in [0.25, 0.3) is 11.1 Å². The van der Waals surface area contributed by atoms with Gasteiger partial charge in [-0.05, 0) is 42.8 Å². The van der Waals surface area contributed by atoms with Gasteiger partial charge in [0, 0.05) is 11.3 Å².